The summed E-state index contributed by atoms with van der Waals surface area (Å²) in [6.45, 7) is 19.7. The molecule has 0 spiro atoms. The van der Waals surface area contributed by atoms with Gasteiger partial charge in [-0.1, -0.05) is 107 Å². The van der Waals surface area contributed by atoms with Crippen LogP contribution in [0, 0.1) is 45.6 Å². The second-order valence-corrected chi connectivity index (χ2v) is 15.2. The van der Waals surface area contributed by atoms with Crippen LogP contribution in [0.1, 0.15) is 73.8 Å². The van der Waals surface area contributed by atoms with Crippen LogP contribution in [0.3, 0.4) is 0 Å². The fraction of sp³-hybridized carbons (Fsp3) is 0.154. The van der Waals surface area contributed by atoms with Crippen molar-refractivity contribution in [2.75, 3.05) is 0 Å². The molecule has 0 fully saturated rings. The molecule has 0 saturated carbocycles. The van der Waals surface area contributed by atoms with Crippen molar-refractivity contribution in [1.29, 1.82) is 5.26 Å². The topological polar surface area (TPSA) is 83.0 Å². The predicted molar refractivity (Wildman–Crippen MR) is 246 cm³/mol. The van der Waals surface area contributed by atoms with Gasteiger partial charge in [0.25, 0.3) is 0 Å². The van der Waals surface area contributed by atoms with E-state index in [1.54, 1.807) is 13.8 Å². The molecule has 2 aromatic heterocycles. The second kappa shape index (κ2) is 18.6. The van der Waals surface area contributed by atoms with Crippen molar-refractivity contribution in [3.05, 3.63) is 195 Å². The van der Waals surface area contributed by atoms with Crippen LogP contribution in [0.25, 0.3) is 48.9 Å². The summed E-state index contributed by atoms with van der Waals surface area (Å²) in [6, 6.07) is 46.0. The Morgan fingerprint density at radius 1 is 0.695 bits per heavy atom. The Morgan fingerprint density at radius 3 is 1.86 bits per heavy atom. The van der Waals surface area contributed by atoms with E-state index in [1.807, 2.05) is 104 Å². The third-order valence-electron chi connectivity index (χ3n) is 10.9. The first-order valence-electron chi connectivity index (χ1n) is 19.3. The lowest BCUT2D eigenvalue weighted by atomic mass is 10.00. The monoisotopic (exact) mass is 836 g/mol. The van der Waals surface area contributed by atoms with Crippen LogP contribution in [0.2, 0.25) is 0 Å². The van der Waals surface area contributed by atoms with Crippen molar-refractivity contribution in [3.8, 4) is 28.3 Å². The van der Waals surface area contributed by atoms with Crippen LogP contribution in [0.5, 0.6) is 0 Å². The lowest BCUT2D eigenvalue weighted by Crippen LogP contribution is -2.02. The van der Waals surface area contributed by atoms with Crippen LogP contribution < -0.4 is 0 Å². The van der Waals surface area contributed by atoms with Crippen LogP contribution in [0.4, 0.5) is 5.69 Å². The first-order chi connectivity index (χ1) is 28.4. The number of alkyl halides is 1. The quantitative estimate of drug-likeness (QED) is 0.0986. The maximum Gasteiger partial charge on any atom is 0.194 e. The van der Waals surface area contributed by atoms with Crippen LogP contribution in [-0.2, 0) is 11.9 Å². The van der Waals surface area contributed by atoms with E-state index in [2.05, 4.69) is 93.6 Å². The highest BCUT2D eigenvalue weighted by molar-refractivity contribution is 9.08. The predicted octanol–water partition coefficient (Wildman–Crippen LogP) is 13.8. The molecule has 0 unspecified atom stereocenters. The third-order valence-corrected chi connectivity index (χ3v) is 11.5. The van der Waals surface area contributed by atoms with E-state index < -0.39 is 0 Å². The number of aromatic nitrogens is 2. The highest BCUT2D eigenvalue weighted by Crippen LogP contribution is 2.32. The second-order valence-electron chi connectivity index (χ2n) is 14.6. The van der Waals surface area contributed by atoms with Crippen molar-refractivity contribution in [2.24, 2.45) is 0 Å². The first-order valence-corrected chi connectivity index (χ1v) is 20.5. The lowest BCUT2D eigenvalue weighted by Gasteiger charge is -2.11. The van der Waals surface area contributed by atoms with Crippen LogP contribution in [0.15, 0.2) is 133 Å². The molecule has 6 aromatic carbocycles. The van der Waals surface area contributed by atoms with Gasteiger partial charge in [0.05, 0.1) is 18.2 Å². The van der Waals surface area contributed by atoms with E-state index in [-0.39, 0.29) is 11.6 Å². The van der Waals surface area contributed by atoms with Crippen molar-refractivity contribution in [1.82, 2.24) is 9.55 Å². The lowest BCUT2D eigenvalue weighted by molar-refractivity contribution is 0.100. The molecular weight excluding hydrogens is 793 g/mol. The van der Waals surface area contributed by atoms with Gasteiger partial charge >= 0.3 is 0 Å². The zero-order valence-corrected chi connectivity index (χ0v) is 35.7. The van der Waals surface area contributed by atoms with E-state index in [0.29, 0.717) is 11.3 Å². The Morgan fingerprint density at radius 2 is 1.25 bits per heavy atom. The van der Waals surface area contributed by atoms with Gasteiger partial charge in [0.1, 0.15) is 0 Å². The number of nitrogens with zero attached hydrogens (tertiary/aromatic N) is 3. The summed E-state index contributed by atoms with van der Waals surface area (Å²) in [5.74, 6) is 0.206. The Hall–Kier alpha value is -6.80. The number of nitrogens with one attached hydrogen (secondary N) is 1. The van der Waals surface area contributed by atoms with E-state index >= 15 is 0 Å². The Kier molecular flexibility index (Phi) is 13.2. The number of H-pyrrole nitrogens is 1. The van der Waals surface area contributed by atoms with Crippen molar-refractivity contribution in [3.63, 3.8) is 0 Å². The van der Waals surface area contributed by atoms with E-state index in [9.17, 15) is 9.59 Å². The Bertz CT molecular complexity index is 2900. The average molecular weight is 838 g/mol. The summed E-state index contributed by atoms with van der Waals surface area (Å²) in [5.41, 5.74) is 16.5. The van der Waals surface area contributed by atoms with Crippen molar-refractivity contribution < 1.29 is 9.59 Å². The van der Waals surface area contributed by atoms with Crippen molar-refractivity contribution >= 4 is 55.0 Å². The number of nitriles is 1. The number of fused-ring (bicyclic) bond motifs is 2. The zero-order chi connectivity index (χ0) is 42.2. The molecule has 7 heteroatoms. The number of Topliss-reactive ketones (excluding diaryl/α,β-unsaturated/α-hetero) is 2. The minimum Gasteiger partial charge on any atom is -0.358 e. The molecule has 0 bridgehead atoms. The van der Waals surface area contributed by atoms with Crippen molar-refractivity contribution in [2.45, 2.75) is 53.4 Å². The standard InChI is InChI=1S/C26H22N2O.C14H10BrN.C12H13NO/c1-17-18(2)28(26-14-13-22(19(3)29)15-24(17)26)16-20-9-11-21(12-10-20)23-7-5-6-8-25(23)27-4;15-9-11-5-7-12(8-6-11)14-4-2-1-3-13(14)10-16;1-7-8(2)13-12-5-4-10(9(3)14)6-11(7)12/h5-15H,16H2,1-3H3;1-8H,9H2;4-6,13H,1-3H3. The van der Waals surface area contributed by atoms with Crippen LogP contribution >= 0.6 is 15.9 Å². The number of aryl methyl sites for hydroxylation is 3. The highest BCUT2D eigenvalue weighted by Gasteiger charge is 2.14. The maximum absolute atomic E-state index is 11.8. The molecule has 292 valence electrons. The number of carbonyl (C=O) groups excluding carboxylic acids is 2. The zero-order valence-electron chi connectivity index (χ0n) is 34.2. The van der Waals surface area contributed by atoms with Gasteiger partial charge < -0.3 is 9.55 Å². The number of halogens is 1. The fourth-order valence-electron chi connectivity index (χ4n) is 7.15. The smallest absolute Gasteiger partial charge is 0.194 e. The third kappa shape index (κ3) is 9.34. The van der Waals surface area contributed by atoms with Gasteiger partial charge in [0, 0.05) is 56.2 Å². The van der Waals surface area contributed by atoms with Gasteiger partial charge in [-0.05, 0) is 129 Å². The minimum atomic E-state index is 0.0898. The molecule has 8 aromatic rings. The number of benzene rings is 6. The minimum absolute atomic E-state index is 0.0898. The molecular formula is C52H45BrN4O2. The number of carbonyl (C=O) groups is 2. The van der Waals surface area contributed by atoms with Crippen LogP contribution in [-0.4, -0.2) is 21.1 Å². The average Bonchev–Trinajstić information content (AvgIpc) is 3.69. The number of hydrogen-bond donors (Lipinski definition) is 1. The summed E-state index contributed by atoms with van der Waals surface area (Å²) >= 11 is 3.41. The maximum atomic E-state index is 11.8. The first kappa shape index (κ1) is 41.8. The molecule has 0 atom stereocenters. The van der Waals surface area contributed by atoms with Gasteiger partial charge in [-0.2, -0.15) is 5.26 Å². The molecule has 0 saturated heterocycles. The summed E-state index contributed by atoms with van der Waals surface area (Å²) in [6.07, 6.45) is 0. The molecule has 8 rings (SSSR count). The summed E-state index contributed by atoms with van der Waals surface area (Å²) in [5, 5.41) is 12.2. The van der Waals surface area contributed by atoms with E-state index in [4.69, 9.17) is 11.8 Å². The molecule has 0 aliphatic carbocycles. The van der Waals surface area contributed by atoms with E-state index in [0.717, 1.165) is 67.1 Å². The SMILES string of the molecule is CC(=O)c1ccc2[nH]c(C)c(C)c2c1.N#Cc1ccccc1-c1ccc(CBr)cc1.[C-]#[N+]c1ccccc1-c1ccc(Cn2c(C)c(C)c3cc(C(C)=O)ccc32)cc1. The van der Waals surface area contributed by atoms with Gasteiger partial charge in [0.2, 0.25) is 0 Å². The Labute approximate surface area is 354 Å². The van der Waals surface area contributed by atoms with Gasteiger partial charge in [0.15, 0.2) is 17.3 Å². The Balaban J connectivity index is 0.000000164. The number of aromatic amines is 1. The fourth-order valence-corrected chi connectivity index (χ4v) is 7.52. The number of para-hydroxylation sites is 1. The van der Waals surface area contributed by atoms with Gasteiger partial charge in [-0.3, -0.25) is 9.59 Å². The number of rotatable bonds is 7. The molecule has 1 N–H and O–H groups in total. The summed E-state index contributed by atoms with van der Waals surface area (Å²) < 4.78 is 2.30. The number of hydrogen-bond acceptors (Lipinski definition) is 3. The molecule has 0 radical (unpaired) electrons. The molecule has 59 heavy (non-hydrogen) atoms. The molecule has 0 amide bonds. The largest absolute Gasteiger partial charge is 0.358 e. The van der Waals surface area contributed by atoms with Gasteiger partial charge in [-0.25, -0.2) is 4.85 Å². The normalized spacial score (nSPS) is 10.5. The molecule has 0 aliphatic rings. The number of ketones is 2. The summed E-state index contributed by atoms with van der Waals surface area (Å²) in [7, 11) is 0. The summed E-state index contributed by atoms with van der Waals surface area (Å²) in [4.78, 5) is 29.9. The van der Waals surface area contributed by atoms with E-state index in [1.165, 1.54) is 33.6 Å². The molecule has 6 nitrogen and oxygen atoms in total. The highest BCUT2D eigenvalue weighted by atomic mass is 79.9. The molecule has 2 heterocycles. The van der Waals surface area contributed by atoms with Gasteiger partial charge in [-0.15, -0.1) is 0 Å². The molecule has 0 aliphatic heterocycles.